The zero-order valence-corrected chi connectivity index (χ0v) is 14.0. The minimum absolute atomic E-state index is 0.362. The minimum atomic E-state index is -1.03. The van der Waals surface area contributed by atoms with Crippen molar-refractivity contribution in [3.63, 3.8) is 0 Å². The van der Waals surface area contributed by atoms with Gasteiger partial charge in [-0.15, -0.1) is 0 Å². The van der Waals surface area contributed by atoms with E-state index in [1.807, 2.05) is 0 Å². The summed E-state index contributed by atoms with van der Waals surface area (Å²) < 4.78 is 5.39. The lowest BCUT2D eigenvalue weighted by molar-refractivity contribution is -0.145. The molecule has 1 aromatic carbocycles. The fourth-order valence-electron chi connectivity index (χ4n) is 2.42. The molecule has 1 atom stereocenters. The van der Waals surface area contributed by atoms with Crippen molar-refractivity contribution in [2.75, 3.05) is 20.2 Å². The second-order valence-electron chi connectivity index (χ2n) is 5.46. The molecule has 25 heavy (non-hydrogen) atoms. The molecule has 130 valence electrons. The maximum absolute atomic E-state index is 12.4. The monoisotopic (exact) mass is 341 g/mol. The summed E-state index contributed by atoms with van der Waals surface area (Å²) in [5.74, 6) is 9.65. The van der Waals surface area contributed by atoms with E-state index in [0.29, 0.717) is 18.7 Å². The molecule has 0 aromatic heterocycles. The Morgan fingerprint density at radius 3 is 2.44 bits per heavy atom. The molecule has 1 aliphatic heterocycles. The highest BCUT2D eigenvalue weighted by molar-refractivity contribution is 5.98. The van der Waals surface area contributed by atoms with Crippen molar-refractivity contribution >= 4 is 11.8 Å². The second-order valence-corrected chi connectivity index (χ2v) is 5.46. The molecule has 0 saturated carbocycles. The van der Waals surface area contributed by atoms with Gasteiger partial charge in [0.1, 0.15) is 11.6 Å². The van der Waals surface area contributed by atoms with Crippen LogP contribution in [0.2, 0.25) is 0 Å². The molecule has 1 aliphatic rings. The number of carbonyl (C=O) groups is 2. The van der Waals surface area contributed by atoms with Crippen LogP contribution in [0.4, 0.5) is 0 Å². The predicted octanol–water partition coefficient (Wildman–Crippen LogP) is -0.346. The Labute approximate surface area is 146 Å². The van der Waals surface area contributed by atoms with Crippen LogP contribution in [0, 0.1) is 23.7 Å². The van der Waals surface area contributed by atoms with E-state index < -0.39 is 23.5 Å². The molecule has 0 spiro atoms. The number of carbonyl (C=O) groups excluding carboxylic acids is 2. The summed E-state index contributed by atoms with van der Waals surface area (Å²) in [6, 6.07) is 5.56. The van der Waals surface area contributed by atoms with Crippen LogP contribution in [0.3, 0.4) is 0 Å². The zero-order valence-electron chi connectivity index (χ0n) is 14.0. The summed E-state index contributed by atoms with van der Waals surface area (Å²) >= 11 is 0. The standard InChI is InChI=1S/C18H19N3O4/c1-3-4-5-6-13-7-9-14(10-8-13)16(22)20-15(17(23)21-24)18(25-2)11-19-12-18/h7-10,15,19,24H,11-12H2,1-2H3,(H,20,22)(H,21,23). The molecule has 1 fully saturated rings. The lowest BCUT2D eigenvalue weighted by Gasteiger charge is -2.45. The summed E-state index contributed by atoms with van der Waals surface area (Å²) in [7, 11) is 1.46. The van der Waals surface area contributed by atoms with Crippen LogP contribution in [0.1, 0.15) is 22.8 Å². The Balaban J connectivity index is 2.14. The van der Waals surface area contributed by atoms with E-state index in [2.05, 4.69) is 34.3 Å². The molecule has 7 nitrogen and oxygen atoms in total. The van der Waals surface area contributed by atoms with Gasteiger partial charge in [-0.3, -0.25) is 14.8 Å². The minimum Gasteiger partial charge on any atom is -0.373 e. The van der Waals surface area contributed by atoms with Crippen LogP contribution in [0.15, 0.2) is 24.3 Å². The van der Waals surface area contributed by atoms with Gasteiger partial charge < -0.3 is 15.4 Å². The third-order valence-corrected chi connectivity index (χ3v) is 3.97. The third kappa shape index (κ3) is 4.17. The Bertz CT molecular complexity index is 756. The van der Waals surface area contributed by atoms with Gasteiger partial charge in [-0.1, -0.05) is 11.8 Å². The number of methoxy groups -OCH3 is 1. The number of hydrogen-bond donors (Lipinski definition) is 4. The number of benzene rings is 1. The van der Waals surface area contributed by atoms with Crippen molar-refractivity contribution in [2.24, 2.45) is 0 Å². The van der Waals surface area contributed by atoms with Gasteiger partial charge in [0.15, 0.2) is 0 Å². The van der Waals surface area contributed by atoms with Crippen molar-refractivity contribution in [1.29, 1.82) is 0 Å². The molecule has 1 saturated heterocycles. The number of hydroxylamine groups is 1. The first kappa shape index (κ1) is 18.5. The number of hydrogen-bond acceptors (Lipinski definition) is 5. The highest BCUT2D eigenvalue weighted by Crippen LogP contribution is 2.21. The Morgan fingerprint density at radius 1 is 1.28 bits per heavy atom. The van der Waals surface area contributed by atoms with Gasteiger partial charge in [-0.25, -0.2) is 5.48 Å². The van der Waals surface area contributed by atoms with Crippen LogP contribution >= 0.6 is 0 Å². The van der Waals surface area contributed by atoms with Crippen molar-refractivity contribution < 1.29 is 19.5 Å². The van der Waals surface area contributed by atoms with Crippen LogP contribution in [0.5, 0.6) is 0 Å². The van der Waals surface area contributed by atoms with Gasteiger partial charge in [-0.05, 0) is 43.0 Å². The normalized spacial score (nSPS) is 15.3. The van der Waals surface area contributed by atoms with E-state index in [4.69, 9.17) is 9.94 Å². The van der Waals surface area contributed by atoms with E-state index in [-0.39, 0.29) is 0 Å². The lowest BCUT2D eigenvalue weighted by Crippen LogP contribution is -2.74. The summed E-state index contributed by atoms with van der Waals surface area (Å²) in [5, 5.41) is 14.6. The Hall–Kier alpha value is -2.84. The largest absolute Gasteiger partial charge is 0.373 e. The summed E-state index contributed by atoms with van der Waals surface area (Å²) in [4.78, 5) is 24.4. The fraction of sp³-hybridized carbons (Fsp3) is 0.333. The lowest BCUT2D eigenvalue weighted by atomic mass is 9.87. The van der Waals surface area contributed by atoms with Gasteiger partial charge in [0.05, 0.1) is 0 Å². The number of nitrogens with one attached hydrogen (secondary N) is 3. The Kier molecular flexibility index (Phi) is 6.15. The zero-order chi connectivity index (χ0) is 18.3. The molecule has 7 heteroatoms. The van der Waals surface area contributed by atoms with Crippen molar-refractivity contribution in [2.45, 2.75) is 18.6 Å². The predicted molar refractivity (Wildman–Crippen MR) is 90.6 cm³/mol. The number of amides is 2. The topological polar surface area (TPSA) is 99.7 Å². The van der Waals surface area contributed by atoms with Gasteiger partial charge in [0.25, 0.3) is 11.8 Å². The van der Waals surface area contributed by atoms with Crippen LogP contribution in [-0.4, -0.2) is 48.9 Å². The molecule has 4 N–H and O–H groups in total. The van der Waals surface area contributed by atoms with E-state index >= 15 is 0 Å². The summed E-state index contributed by atoms with van der Waals surface area (Å²) in [5.41, 5.74) is 1.76. The first-order chi connectivity index (χ1) is 12.1. The van der Waals surface area contributed by atoms with Crippen molar-refractivity contribution in [1.82, 2.24) is 16.1 Å². The van der Waals surface area contributed by atoms with Crippen LogP contribution < -0.4 is 16.1 Å². The van der Waals surface area contributed by atoms with Crippen molar-refractivity contribution in [3.8, 4) is 23.7 Å². The first-order valence-electron chi connectivity index (χ1n) is 7.60. The molecule has 0 radical (unpaired) electrons. The molecule has 2 amide bonds. The molecule has 0 bridgehead atoms. The maximum Gasteiger partial charge on any atom is 0.269 e. The highest BCUT2D eigenvalue weighted by atomic mass is 16.5. The highest BCUT2D eigenvalue weighted by Gasteiger charge is 2.49. The molecule has 1 unspecified atom stereocenters. The van der Waals surface area contributed by atoms with E-state index in [1.54, 1.807) is 36.7 Å². The van der Waals surface area contributed by atoms with Gasteiger partial charge in [0, 0.05) is 31.3 Å². The average Bonchev–Trinajstić information content (AvgIpc) is 2.60. The smallest absolute Gasteiger partial charge is 0.269 e. The van der Waals surface area contributed by atoms with Crippen molar-refractivity contribution in [3.05, 3.63) is 35.4 Å². The summed E-state index contributed by atoms with van der Waals surface area (Å²) in [6.07, 6.45) is 0. The van der Waals surface area contributed by atoms with E-state index in [0.717, 1.165) is 5.56 Å². The van der Waals surface area contributed by atoms with E-state index in [1.165, 1.54) is 7.11 Å². The van der Waals surface area contributed by atoms with Gasteiger partial charge >= 0.3 is 0 Å². The summed E-state index contributed by atoms with van der Waals surface area (Å²) in [6.45, 7) is 2.47. The Morgan fingerprint density at radius 2 is 1.96 bits per heavy atom. The van der Waals surface area contributed by atoms with Gasteiger partial charge in [-0.2, -0.15) is 0 Å². The molecule has 2 rings (SSSR count). The van der Waals surface area contributed by atoms with Crippen LogP contribution in [0.25, 0.3) is 0 Å². The van der Waals surface area contributed by atoms with E-state index in [9.17, 15) is 9.59 Å². The van der Waals surface area contributed by atoms with Crippen LogP contribution in [-0.2, 0) is 9.53 Å². The third-order valence-electron chi connectivity index (χ3n) is 3.97. The quantitative estimate of drug-likeness (QED) is 0.333. The maximum atomic E-state index is 12.4. The fourth-order valence-corrected chi connectivity index (χ4v) is 2.42. The number of ether oxygens (including phenoxy) is 1. The molecular weight excluding hydrogens is 322 g/mol. The molecular formula is C18H19N3O4. The first-order valence-corrected chi connectivity index (χ1v) is 7.60. The number of rotatable bonds is 5. The average molecular weight is 341 g/mol. The molecule has 0 aliphatic carbocycles. The SMILES string of the molecule is CC#CC#Cc1ccc(C(=O)NC(C(=O)NO)C2(OC)CNC2)cc1. The second kappa shape index (κ2) is 8.32. The molecule has 1 heterocycles. The molecule has 1 aromatic rings. The van der Waals surface area contributed by atoms with Gasteiger partial charge in [0.2, 0.25) is 0 Å².